The third-order valence-electron chi connectivity index (χ3n) is 2.89. The molecule has 0 spiro atoms. The van der Waals surface area contributed by atoms with Crippen molar-refractivity contribution in [2.45, 2.75) is 0 Å². The Morgan fingerprint density at radius 3 is 1.53 bits per heavy atom. The molecule has 0 saturated heterocycles. The minimum atomic E-state index is -1.48. The second kappa shape index (κ2) is 6.21. The predicted molar refractivity (Wildman–Crippen MR) is 95.8 cm³/mol. The molecule has 0 aliphatic carbocycles. The topological polar surface area (TPSA) is 0 Å². The van der Waals surface area contributed by atoms with Crippen LogP contribution in [0.15, 0.2) is 60.7 Å². The molecule has 4 heteroatoms. The molecule has 100 valence electrons. The van der Waals surface area contributed by atoms with Crippen molar-refractivity contribution in [2.75, 3.05) is 19.2 Å². The molecule has 0 aliphatic rings. The third-order valence-corrected chi connectivity index (χ3v) is 15.3. The molecule has 0 heterocycles. The molecule has 19 heavy (non-hydrogen) atoms. The summed E-state index contributed by atoms with van der Waals surface area (Å²) in [5, 5.41) is 2.83. The summed E-state index contributed by atoms with van der Waals surface area (Å²) in [5.41, 5.74) is -1.48. The van der Waals surface area contributed by atoms with Crippen molar-refractivity contribution in [1.82, 2.24) is 0 Å². The summed E-state index contributed by atoms with van der Waals surface area (Å²) in [6, 6.07) is 20.3. The number of hydrogen-bond acceptors (Lipinski definition) is 1. The van der Waals surface area contributed by atoms with Gasteiger partial charge in [0, 0.05) is 0 Å². The van der Waals surface area contributed by atoms with Gasteiger partial charge in [0.2, 0.25) is 0 Å². The summed E-state index contributed by atoms with van der Waals surface area (Å²) in [6.07, 6.45) is 0. The third kappa shape index (κ3) is 4.01. The fourth-order valence-electron chi connectivity index (χ4n) is 2.13. The van der Waals surface area contributed by atoms with Crippen molar-refractivity contribution < 1.29 is 0 Å². The van der Waals surface area contributed by atoms with Gasteiger partial charge >= 0.3 is 129 Å². The van der Waals surface area contributed by atoms with Crippen LogP contribution in [-0.4, -0.2) is 34.3 Å². The van der Waals surface area contributed by atoms with Gasteiger partial charge in [-0.15, -0.1) is 0 Å². The van der Waals surface area contributed by atoms with Gasteiger partial charge in [0.15, 0.2) is 0 Å². The van der Waals surface area contributed by atoms with Crippen LogP contribution in [0.25, 0.3) is 0 Å². The first-order valence-corrected chi connectivity index (χ1v) is 14.2. The SMILES string of the molecule is CP(C)(=S)CP(=[Se])(c1ccccc1)c1ccccc1. The van der Waals surface area contributed by atoms with E-state index in [0.29, 0.717) is 0 Å². The summed E-state index contributed by atoms with van der Waals surface area (Å²) in [6.45, 7) is 4.50. The summed E-state index contributed by atoms with van der Waals surface area (Å²) in [7, 11) is 0. The molecule has 0 unspecified atom stereocenters. The van der Waals surface area contributed by atoms with Crippen LogP contribution in [0, 0.1) is 0 Å². The van der Waals surface area contributed by atoms with Crippen molar-refractivity contribution in [3.05, 3.63) is 60.7 Å². The zero-order valence-corrected chi connectivity index (χ0v) is 15.5. The van der Waals surface area contributed by atoms with Crippen molar-refractivity contribution in [3.8, 4) is 0 Å². The molecule has 0 atom stereocenters. The molecule has 0 radical (unpaired) electrons. The first kappa shape index (κ1) is 15.4. The number of rotatable bonds is 4. The van der Waals surface area contributed by atoms with E-state index in [1.807, 2.05) is 0 Å². The molecule has 0 fully saturated rings. The molecule has 0 bridgehead atoms. The molecule has 0 N–H and O–H groups in total. The summed E-state index contributed by atoms with van der Waals surface area (Å²) in [4.78, 5) is 0. The zero-order chi connectivity index (χ0) is 13.9. The fraction of sp³-hybridized carbons (Fsp3) is 0.200. The van der Waals surface area contributed by atoms with E-state index in [1.54, 1.807) is 0 Å². The number of benzene rings is 2. The second-order valence-corrected chi connectivity index (χ2v) is 18.8. The molecule has 2 aromatic rings. The van der Waals surface area contributed by atoms with Gasteiger partial charge in [0.05, 0.1) is 0 Å². The maximum atomic E-state index is 5.75. The molecule has 0 saturated carbocycles. The van der Waals surface area contributed by atoms with Crippen LogP contribution < -0.4 is 10.6 Å². The zero-order valence-electron chi connectivity index (χ0n) is 11.2. The minimum absolute atomic E-state index is 1.11. The average Bonchev–Trinajstić information content (AvgIpc) is 2.39. The normalized spacial score (nSPS) is 12.3. The molecule has 0 amide bonds. The Hall–Kier alpha value is 0.0395. The Morgan fingerprint density at radius 2 is 1.21 bits per heavy atom. The van der Waals surface area contributed by atoms with Crippen LogP contribution in [0.1, 0.15) is 0 Å². The first-order valence-electron chi connectivity index (χ1n) is 6.16. The van der Waals surface area contributed by atoms with Crippen LogP contribution in [0.4, 0.5) is 0 Å². The fourth-order valence-corrected chi connectivity index (χ4v) is 18.9. The summed E-state index contributed by atoms with van der Waals surface area (Å²) >= 11 is 9.30. The second-order valence-electron chi connectivity index (χ2n) is 5.13. The standard InChI is InChI=1S/C15H18P2SSe/c1-16(2,18)13-17(19,14-9-5-3-6-10-14)15-11-7-4-8-12-15/h3-12H,13H2,1-2H3. The molecule has 0 aliphatic heterocycles. The van der Waals surface area contributed by atoms with Gasteiger partial charge in [0.25, 0.3) is 0 Å². The van der Waals surface area contributed by atoms with E-state index in [-0.39, 0.29) is 0 Å². The molecular formula is C15H18P2SSe. The van der Waals surface area contributed by atoms with E-state index in [2.05, 4.69) is 89.1 Å². The van der Waals surface area contributed by atoms with E-state index in [9.17, 15) is 0 Å². The van der Waals surface area contributed by atoms with E-state index in [0.717, 1.165) is 5.90 Å². The maximum absolute atomic E-state index is 5.75. The summed E-state index contributed by atoms with van der Waals surface area (Å²) < 4.78 is 0. The van der Waals surface area contributed by atoms with Crippen molar-refractivity contribution >= 4 is 49.1 Å². The van der Waals surface area contributed by atoms with Gasteiger partial charge in [-0.3, -0.25) is 0 Å². The molecule has 2 rings (SSSR count). The Kier molecular flexibility index (Phi) is 5.04. The Morgan fingerprint density at radius 1 is 0.842 bits per heavy atom. The van der Waals surface area contributed by atoms with Crippen LogP contribution in [0.2, 0.25) is 0 Å². The van der Waals surface area contributed by atoms with E-state index in [4.69, 9.17) is 11.8 Å². The van der Waals surface area contributed by atoms with Gasteiger partial charge in [-0.2, -0.15) is 0 Å². The van der Waals surface area contributed by atoms with Crippen LogP contribution in [-0.2, 0) is 11.8 Å². The first-order chi connectivity index (χ1) is 8.92. The van der Waals surface area contributed by atoms with Gasteiger partial charge < -0.3 is 0 Å². The quantitative estimate of drug-likeness (QED) is 0.586. The monoisotopic (exact) mass is 372 g/mol. The van der Waals surface area contributed by atoms with Gasteiger partial charge in [-0.05, 0) is 0 Å². The summed E-state index contributed by atoms with van der Waals surface area (Å²) in [5.74, 6) is 1.11. The van der Waals surface area contributed by atoms with E-state index in [1.165, 1.54) is 10.6 Å². The van der Waals surface area contributed by atoms with Crippen LogP contribution in [0.5, 0.6) is 0 Å². The van der Waals surface area contributed by atoms with Crippen LogP contribution >= 0.6 is 11.5 Å². The molecule has 0 aromatic heterocycles. The van der Waals surface area contributed by atoms with Crippen molar-refractivity contribution in [1.29, 1.82) is 0 Å². The molecule has 0 nitrogen and oxygen atoms in total. The Bertz CT molecular complexity index is 588. The molecular weight excluding hydrogens is 353 g/mol. The van der Waals surface area contributed by atoms with Crippen molar-refractivity contribution in [2.24, 2.45) is 0 Å². The Balaban J connectivity index is 2.58. The average molecular weight is 371 g/mol. The van der Waals surface area contributed by atoms with E-state index < -0.39 is 11.5 Å². The van der Waals surface area contributed by atoms with E-state index >= 15 is 0 Å². The van der Waals surface area contributed by atoms with Crippen molar-refractivity contribution in [3.63, 3.8) is 0 Å². The Labute approximate surface area is 128 Å². The van der Waals surface area contributed by atoms with Crippen LogP contribution in [0.3, 0.4) is 0 Å². The predicted octanol–water partition coefficient (Wildman–Crippen LogP) is 3.44. The van der Waals surface area contributed by atoms with Gasteiger partial charge in [-0.25, -0.2) is 0 Å². The van der Waals surface area contributed by atoms with Gasteiger partial charge in [0.1, 0.15) is 0 Å². The molecule has 2 aromatic carbocycles. The number of hydrogen-bond donors (Lipinski definition) is 0. The van der Waals surface area contributed by atoms with Gasteiger partial charge in [-0.1, -0.05) is 0 Å².